The van der Waals surface area contributed by atoms with Gasteiger partial charge < -0.3 is 24.5 Å². The fraction of sp³-hybridized carbons (Fsp3) is 0.432. The first-order valence-electron chi connectivity index (χ1n) is 21.0. The molecule has 3 aliphatic heterocycles. The third-order valence-corrected chi connectivity index (χ3v) is 12.7. The molecule has 9 rings (SSSR count). The second kappa shape index (κ2) is 16.8. The summed E-state index contributed by atoms with van der Waals surface area (Å²) in [7, 11) is 0. The second-order valence-electron chi connectivity index (χ2n) is 16.5. The molecule has 4 fully saturated rings. The number of carbonyl (C=O) groups is 3. The molecule has 2 aromatic carbocycles. The van der Waals surface area contributed by atoms with Gasteiger partial charge in [0.2, 0.25) is 23.7 Å². The zero-order chi connectivity index (χ0) is 41.3. The van der Waals surface area contributed by atoms with Crippen LogP contribution in [0.2, 0.25) is 0 Å². The molecule has 0 bridgehead atoms. The molecule has 3 saturated heterocycles. The first kappa shape index (κ1) is 39.3. The van der Waals surface area contributed by atoms with E-state index >= 15 is 0 Å². The predicted octanol–water partition coefficient (Wildman–Crippen LogP) is 4.56. The lowest BCUT2D eigenvalue weighted by molar-refractivity contribution is -0.138. The number of fused-ring (bicyclic) bond motifs is 1. The molecule has 1 unspecified atom stereocenters. The normalized spacial score (nSPS) is 21.9. The van der Waals surface area contributed by atoms with Crippen LogP contribution in [-0.2, 0) is 14.4 Å². The number of hydrogen-bond donors (Lipinski definition) is 3. The highest BCUT2D eigenvalue weighted by Gasteiger charge is 2.34. The van der Waals surface area contributed by atoms with Gasteiger partial charge in [-0.15, -0.1) is 0 Å². The van der Waals surface area contributed by atoms with Crippen molar-refractivity contribution in [3.63, 3.8) is 0 Å². The van der Waals surface area contributed by atoms with E-state index in [1.54, 1.807) is 36.5 Å². The molecule has 16 heteroatoms. The Bertz CT molecular complexity index is 2530. The van der Waals surface area contributed by atoms with Crippen LogP contribution in [0.4, 0.5) is 16.0 Å². The lowest BCUT2D eigenvalue weighted by Gasteiger charge is -2.40. The van der Waals surface area contributed by atoms with E-state index in [-0.39, 0.29) is 47.9 Å². The van der Waals surface area contributed by atoms with Gasteiger partial charge in [0.05, 0.1) is 11.7 Å². The Morgan fingerprint density at radius 2 is 1.65 bits per heavy atom. The van der Waals surface area contributed by atoms with Crippen LogP contribution < -0.4 is 26.8 Å². The Hall–Kier alpha value is -6.16. The van der Waals surface area contributed by atoms with Gasteiger partial charge >= 0.3 is 5.76 Å². The molecular weight excluding hydrogens is 770 g/mol. The standard InChI is InChI=1S/C44H48FN9O6/c45-34-25-47-43(50-39(34)30-4-1-3-29(23-30)33-5-2-16-46-40(33)56)48-31-8-6-28(7-9-31)42(58)53-17-14-27(15-18-53)26-51-19-21-52(22-20-51)32-10-11-35-37(24-32)60-44(59)54(35)36-12-13-38(55)49-41(36)57/h1-5,10-11,16,23-25,27-28,31,36H,6-9,12-15,17-22,26H2,(H,46,56)(H,47,48,50)(H,49,55,57)/t28-,31-,36?. The maximum atomic E-state index is 15.0. The minimum absolute atomic E-state index is 0.00973. The van der Waals surface area contributed by atoms with Gasteiger partial charge in [0.25, 0.3) is 5.56 Å². The Morgan fingerprint density at radius 3 is 2.42 bits per heavy atom. The van der Waals surface area contributed by atoms with Gasteiger partial charge in [-0.1, -0.05) is 18.2 Å². The number of H-pyrrole nitrogens is 1. The van der Waals surface area contributed by atoms with Crippen LogP contribution in [0.5, 0.6) is 0 Å². The third kappa shape index (κ3) is 8.20. The Morgan fingerprint density at radius 1 is 0.867 bits per heavy atom. The molecule has 312 valence electrons. The summed E-state index contributed by atoms with van der Waals surface area (Å²) in [6.07, 6.45) is 8.27. The first-order chi connectivity index (χ1) is 29.2. The van der Waals surface area contributed by atoms with Crippen LogP contribution in [0.1, 0.15) is 57.4 Å². The van der Waals surface area contributed by atoms with Crippen LogP contribution >= 0.6 is 0 Å². The van der Waals surface area contributed by atoms with Gasteiger partial charge in [-0.05, 0) is 86.8 Å². The largest absolute Gasteiger partial charge is 0.420 e. The number of amides is 3. The maximum Gasteiger partial charge on any atom is 0.420 e. The molecule has 1 saturated carbocycles. The number of nitrogens with zero attached hydrogens (tertiary/aromatic N) is 6. The number of hydrogen-bond acceptors (Lipinski definition) is 11. The smallest absolute Gasteiger partial charge is 0.408 e. The summed E-state index contributed by atoms with van der Waals surface area (Å²) in [6, 6.07) is 15.5. The highest BCUT2D eigenvalue weighted by Crippen LogP contribution is 2.32. The summed E-state index contributed by atoms with van der Waals surface area (Å²) >= 11 is 0. The molecular formula is C44H48FN9O6. The highest BCUT2D eigenvalue weighted by molar-refractivity contribution is 6.00. The van der Waals surface area contributed by atoms with Crippen LogP contribution in [0.15, 0.2) is 81.0 Å². The number of aromatic nitrogens is 4. The monoisotopic (exact) mass is 817 g/mol. The van der Waals surface area contributed by atoms with Crippen LogP contribution in [0.3, 0.4) is 0 Å². The molecule has 3 aromatic heterocycles. The molecule has 1 atom stereocenters. The van der Waals surface area contributed by atoms with Crippen LogP contribution in [-0.4, -0.2) is 98.9 Å². The van der Waals surface area contributed by atoms with E-state index in [9.17, 15) is 28.4 Å². The highest BCUT2D eigenvalue weighted by atomic mass is 19.1. The van der Waals surface area contributed by atoms with E-state index in [0.29, 0.717) is 39.7 Å². The number of nitrogens with one attached hydrogen (secondary N) is 3. The van der Waals surface area contributed by atoms with E-state index < -0.39 is 23.5 Å². The second-order valence-corrected chi connectivity index (χ2v) is 16.5. The number of likely N-dealkylation sites (tertiary alicyclic amines) is 1. The van der Waals surface area contributed by atoms with Crippen molar-refractivity contribution in [1.29, 1.82) is 0 Å². The van der Waals surface area contributed by atoms with E-state index in [0.717, 1.165) is 90.0 Å². The molecule has 4 aliphatic rings. The van der Waals surface area contributed by atoms with Crippen molar-refractivity contribution in [2.24, 2.45) is 11.8 Å². The Kier molecular flexibility index (Phi) is 11.0. The predicted molar refractivity (Wildman–Crippen MR) is 223 cm³/mol. The third-order valence-electron chi connectivity index (χ3n) is 12.7. The van der Waals surface area contributed by atoms with Crippen molar-refractivity contribution in [1.82, 2.24) is 34.6 Å². The Labute approximate surface area is 345 Å². The molecule has 3 amide bonds. The number of piperazine rings is 1. The van der Waals surface area contributed by atoms with E-state index in [4.69, 9.17) is 4.42 Å². The topological polar surface area (TPSA) is 179 Å². The first-order valence-corrected chi connectivity index (χ1v) is 21.0. The number of benzene rings is 2. The van der Waals surface area contributed by atoms with Gasteiger partial charge in [-0.25, -0.2) is 19.2 Å². The van der Waals surface area contributed by atoms with Gasteiger partial charge in [-0.2, -0.15) is 0 Å². The SMILES string of the molecule is O=C1CCC(n2c(=O)oc3cc(N4CCN(CC5CCN(C(=O)[C@H]6CC[C@H](Nc7ncc(F)c(-c8cccc(-c9ccc[nH]c9=O)c8)n7)CC6)CC5)CC4)ccc32)C(=O)N1. The minimum Gasteiger partial charge on any atom is -0.408 e. The number of piperidine rings is 2. The lowest BCUT2D eigenvalue weighted by atomic mass is 9.84. The zero-order valence-corrected chi connectivity index (χ0v) is 33.3. The van der Waals surface area contributed by atoms with Crippen molar-refractivity contribution >= 4 is 40.5 Å². The van der Waals surface area contributed by atoms with Gasteiger partial charge in [0.1, 0.15) is 11.7 Å². The number of rotatable bonds is 9. The minimum atomic E-state index is -0.770. The number of pyridine rings is 1. The number of aromatic amines is 1. The quantitative estimate of drug-likeness (QED) is 0.178. The van der Waals surface area contributed by atoms with E-state index in [2.05, 4.69) is 40.3 Å². The molecule has 0 spiro atoms. The number of anilines is 2. The van der Waals surface area contributed by atoms with Gasteiger partial charge in [0.15, 0.2) is 11.4 Å². The van der Waals surface area contributed by atoms with Gasteiger partial charge in [0, 0.05) is 93.3 Å². The van der Waals surface area contributed by atoms with E-state index in [1.807, 2.05) is 24.3 Å². The molecule has 60 heavy (non-hydrogen) atoms. The van der Waals surface area contributed by atoms with Crippen molar-refractivity contribution < 1.29 is 23.2 Å². The van der Waals surface area contributed by atoms with Crippen LogP contribution in [0, 0.1) is 17.7 Å². The lowest BCUT2D eigenvalue weighted by Crippen LogP contribution is -2.49. The fourth-order valence-electron chi connectivity index (χ4n) is 9.38. The van der Waals surface area contributed by atoms with Crippen molar-refractivity contribution in [2.45, 2.75) is 63.5 Å². The molecule has 5 aromatic rings. The van der Waals surface area contributed by atoms with Crippen molar-refractivity contribution in [3.8, 4) is 22.4 Å². The maximum absolute atomic E-state index is 15.0. The number of carbonyl (C=O) groups excluding carboxylic acids is 3. The van der Waals surface area contributed by atoms with E-state index in [1.165, 1.54) is 10.8 Å². The summed E-state index contributed by atoms with van der Waals surface area (Å²) in [5.41, 5.74) is 3.56. The summed E-state index contributed by atoms with van der Waals surface area (Å²) < 4.78 is 21.9. The molecule has 1 aliphatic carbocycles. The zero-order valence-electron chi connectivity index (χ0n) is 33.3. The van der Waals surface area contributed by atoms with Crippen molar-refractivity contribution in [3.05, 3.63) is 93.7 Å². The molecule has 15 nitrogen and oxygen atoms in total. The average Bonchev–Trinajstić information content (AvgIpc) is 3.59. The summed E-state index contributed by atoms with van der Waals surface area (Å²) in [5.74, 6) is -0.867. The number of halogens is 1. The summed E-state index contributed by atoms with van der Waals surface area (Å²) in [5, 5.41) is 5.70. The molecule has 3 N–H and O–H groups in total. The molecule has 6 heterocycles. The number of oxazole rings is 1. The van der Waals surface area contributed by atoms with Crippen molar-refractivity contribution in [2.75, 3.05) is 56.0 Å². The Balaban J connectivity index is 0.721. The summed E-state index contributed by atoms with van der Waals surface area (Å²) in [6.45, 7) is 6.03. The summed E-state index contributed by atoms with van der Waals surface area (Å²) in [4.78, 5) is 81.1. The number of imide groups is 1. The van der Waals surface area contributed by atoms with Gasteiger partial charge in [-0.3, -0.25) is 34.0 Å². The fourth-order valence-corrected chi connectivity index (χ4v) is 9.38. The molecule has 0 radical (unpaired) electrons. The van der Waals surface area contributed by atoms with Crippen LogP contribution in [0.25, 0.3) is 33.5 Å². The average molecular weight is 818 g/mol.